The average molecular weight is 311 g/mol. The summed E-state index contributed by atoms with van der Waals surface area (Å²) in [7, 11) is -3.51. The summed E-state index contributed by atoms with van der Waals surface area (Å²) in [5.41, 5.74) is 1.01. The molecule has 0 radical (unpaired) electrons. The predicted molar refractivity (Wildman–Crippen MR) is 83.3 cm³/mol. The Morgan fingerprint density at radius 1 is 1.29 bits per heavy atom. The molecule has 1 aliphatic rings. The highest BCUT2D eigenvalue weighted by Gasteiger charge is 2.20. The second-order valence-corrected chi connectivity index (χ2v) is 7.95. The van der Waals surface area contributed by atoms with Crippen molar-refractivity contribution in [3.63, 3.8) is 0 Å². The van der Waals surface area contributed by atoms with Gasteiger partial charge in [-0.1, -0.05) is 26.8 Å². The lowest BCUT2D eigenvalue weighted by Crippen LogP contribution is -2.30. The van der Waals surface area contributed by atoms with Crippen LogP contribution in [0.3, 0.4) is 0 Å². The van der Waals surface area contributed by atoms with Gasteiger partial charge in [0.2, 0.25) is 0 Å². The van der Waals surface area contributed by atoms with E-state index in [1.165, 1.54) is 12.8 Å². The lowest BCUT2D eigenvalue weighted by Gasteiger charge is -2.16. The molecule has 0 amide bonds. The number of rotatable bonds is 8. The second-order valence-electron chi connectivity index (χ2n) is 6.23. The van der Waals surface area contributed by atoms with Gasteiger partial charge in [0.1, 0.15) is 0 Å². The number of hydrogen-bond donors (Lipinski definition) is 2. The summed E-state index contributed by atoms with van der Waals surface area (Å²) < 4.78 is 26.9. The highest BCUT2D eigenvalue weighted by Crippen LogP contribution is 2.19. The Morgan fingerprint density at radius 2 is 2.00 bits per heavy atom. The molecule has 1 unspecified atom stereocenters. The molecule has 0 aliphatic heterocycles. The number of nitrogens with zero attached hydrogens (tertiary/aromatic N) is 1. The van der Waals surface area contributed by atoms with E-state index >= 15 is 0 Å². The average Bonchev–Trinajstić information content (AvgIpc) is 3.27. The molecule has 1 fully saturated rings. The van der Waals surface area contributed by atoms with Gasteiger partial charge in [-0.2, -0.15) is 0 Å². The topological polar surface area (TPSA) is 71.1 Å². The zero-order valence-electron chi connectivity index (χ0n) is 13.0. The third kappa shape index (κ3) is 5.05. The summed E-state index contributed by atoms with van der Waals surface area (Å²) in [5, 5.41) is 3.47. The van der Waals surface area contributed by atoms with Gasteiger partial charge in [0, 0.05) is 25.3 Å². The standard InChI is InChI=1S/C15H25N3O2S/c1-11(2)12(3)8-18-21(19,20)15-7-4-13(10-17-15)9-16-14-5-6-14/h4,7,10-12,14,16,18H,5-6,8-9H2,1-3H3. The van der Waals surface area contributed by atoms with Gasteiger partial charge >= 0.3 is 0 Å². The van der Waals surface area contributed by atoms with Gasteiger partial charge in [-0.15, -0.1) is 0 Å². The van der Waals surface area contributed by atoms with E-state index in [1.54, 1.807) is 12.3 Å². The van der Waals surface area contributed by atoms with Gasteiger partial charge in [0.15, 0.2) is 5.03 Å². The zero-order chi connectivity index (χ0) is 15.5. The van der Waals surface area contributed by atoms with Crippen molar-refractivity contribution in [3.05, 3.63) is 23.9 Å². The van der Waals surface area contributed by atoms with Crippen LogP contribution in [0.5, 0.6) is 0 Å². The van der Waals surface area contributed by atoms with Crippen LogP contribution in [0.1, 0.15) is 39.2 Å². The van der Waals surface area contributed by atoms with Crippen LogP contribution in [0, 0.1) is 11.8 Å². The van der Waals surface area contributed by atoms with Crippen LogP contribution in [0.2, 0.25) is 0 Å². The first-order chi connectivity index (χ1) is 9.88. The van der Waals surface area contributed by atoms with E-state index in [1.807, 2.05) is 13.0 Å². The molecule has 0 bridgehead atoms. The van der Waals surface area contributed by atoms with Crippen molar-refractivity contribution >= 4 is 10.0 Å². The minimum Gasteiger partial charge on any atom is -0.310 e. The molecular weight excluding hydrogens is 286 g/mol. The van der Waals surface area contributed by atoms with Crippen molar-refractivity contribution in [1.29, 1.82) is 0 Å². The summed E-state index contributed by atoms with van der Waals surface area (Å²) in [5.74, 6) is 0.735. The highest BCUT2D eigenvalue weighted by molar-refractivity contribution is 7.89. The summed E-state index contributed by atoms with van der Waals surface area (Å²) in [6, 6.07) is 4.03. The van der Waals surface area contributed by atoms with Crippen molar-refractivity contribution < 1.29 is 8.42 Å². The van der Waals surface area contributed by atoms with Crippen molar-refractivity contribution in [2.75, 3.05) is 6.54 Å². The molecule has 2 N–H and O–H groups in total. The van der Waals surface area contributed by atoms with Crippen LogP contribution in [0.25, 0.3) is 0 Å². The van der Waals surface area contributed by atoms with E-state index in [0.717, 1.165) is 12.1 Å². The normalized spacial score (nSPS) is 17.1. The number of pyridine rings is 1. The third-order valence-corrected chi connectivity index (χ3v) is 5.32. The van der Waals surface area contributed by atoms with E-state index in [0.29, 0.717) is 24.4 Å². The Bertz CT molecular complexity index is 551. The molecule has 5 nitrogen and oxygen atoms in total. The smallest absolute Gasteiger partial charge is 0.258 e. The van der Waals surface area contributed by atoms with Gasteiger partial charge < -0.3 is 5.32 Å². The minimum atomic E-state index is -3.51. The predicted octanol–water partition coefficient (Wildman–Crippen LogP) is 1.90. The van der Waals surface area contributed by atoms with E-state index in [-0.39, 0.29) is 5.03 Å². The fraction of sp³-hybridized carbons (Fsp3) is 0.667. The Morgan fingerprint density at radius 3 is 2.52 bits per heavy atom. The summed E-state index contributed by atoms with van der Waals surface area (Å²) in [6.07, 6.45) is 4.10. The SMILES string of the molecule is CC(C)C(C)CNS(=O)(=O)c1ccc(CNC2CC2)cn1. The Balaban J connectivity index is 1.92. The fourth-order valence-corrected chi connectivity index (χ4v) is 2.84. The van der Waals surface area contributed by atoms with Crippen LogP contribution in [-0.2, 0) is 16.6 Å². The minimum absolute atomic E-state index is 0.0913. The third-order valence-electron chi connectivity index (χ3n) is 3.98. The number of sulfonamides is 1. The van der Waals surface area contributed by atoms with Gasteiger partial charge in [-0.05, 0) is 36.3 Å². The molecule has 2 rings (SSSR count). The molecule has 1 aromatic rings. The quantitative estimate of drug-likeness (QED) is 0.769. The van der Waals surface area contributed by atoms with Crippen LogP contribution < -0.4 is 10.0 Å². The molecule has 6 heteroatoms. The molecular formula is C15H25N3O2S. The van der Waals surface area contributed by atoms with Gasteiger partial charge in [0.25, 0.3) is 10.0 Å². The largest absolute Gasteiger partial charge is 0.310 e. The van der Waals surface area contributed by atoms with Crippen LogP contribution in [-0.4, -0.2) is 26.0 Å². The van der Waals surface area contributed by atoms with Gasteiger partial charge in [-0.25, -0.2) is 18.1 Å². The Kier molecular flexibility index (Phi) is 5.35. The van der Waals surface area contributed by atoms with Crippen molar-refractivity contribution in [1.82, 2.24) is 15.0 Å². The maximum atomic E-state index is 12.2. The lowest BCUT2D eigenvalue weighted by atomic mass is 9.99. The highest BCUT2D eigenvalue weighted by atomic mass is 32.2. The van der Waals surface area contributed by atoms with E-state index in [2.05, 4.69) is 28.9 Å². The first kappa shape index (κ1) is 16.4. The maximum absolute atomic E-state index is 12.2. The lowest BCUT2D eigenvalue weighted by molar-refractivity contribution is 0.414. The zero-order valence-corrected chi connectivity index (χ0v) is 13.8. The fourth-order valence-electron chi connectivity index (χ4n) is 1.77. The molecule has 1 aliphatic carbocycles. The van der Waals surface area contributed by atoms with Crippen molar-refractivity contribution in [3.8, 4) is 0 Å². The van der Waals surface area contributed by atoms with E-state index < -0.39 is 10.0 Å². The molecule has 1 aromatic heterocycles. The molecule has 1 saturated carbocycles. The van der Waals surface area contributed by atoms with Gasteiger partial charge in [-0.3, -0.25) is 0 Å². The second kappa shape index (κ2) is 6.85. The van der Waals surface area contributed by atoms with Crippen LogP contribution in [0.15, 0.2) is 23.4 Å². The molecule has 1 heterocycles. The Hall–Kier alpha value is -0.980. The summed E-state index contributed by atoms with van der Waals surface area (Å²) in [4.78, 5) is 4.08. The Labute approximate surface area is 127 Å². The maximum Gasteiger partial charge on any atom is 0.258 e. The molecule has 21 heavy (non-hydrogen) atoms. The van der Waals surface area contributed by atoms with E-state index in [4.69, 9.17) is 0 Å². The number of aromatic nitrogens is 1. The van der Waals surface area contributed by atoms with E-state index in [9.17, 15) is 8.42 Å². The molecule has 0 saturated heterocycles. The molecule has 0 aromatic carbocycles. The molecule has 0 spiro atoms. The van der Waals surface area contributed by atoms with Crippen molar-refractivity contribution in [2.24, 2.45) is 11.8 Å². The summed E-state index contributed by atoms with van der Waals surface area (Å²) in [6.45, 7) is 7.38. The van der Waals surface area contributed by atoms with Crippen molar-refractivity contribution in [2.45, 2.75) is 51.2 Å². The molecule has 118 valence electrons. The number of nitrogens with one attached hydrogen (secondary N) is 2. The monoisotopic (exact) mass is 311 g/mol. The molecule has 1 atom stereocenters. The van der Waals surface area contributed by atoms with Crippen LogP contribution in [0.4, 0.5) is 0 Å². The summed E-state index contributed by atoms with van der Waals surface area (Å²) >= 11 is 0. The van der Waals surface area contributed by atoms with Gasteiger partial charge in [0.05, 0.1) is 0 Å². The first-order valence-corrected chi connectivity index (χ1v) is 9.05. The first-order valence-electron chi connectivity index (χ1n) is 7.56. The number of hydrogen-bond acceptors (Lipinski definition) is 4. The van der Waals surface area contributed by atoms with Crippen LogP contribution >= 0.6 is 0 Å².